The summed E-state index contributed by atoms with van der Waals surface area (Å²) in [6.45, 7) is 7.34. The van der Waals surface area contributed by atoms with Crippen molar-refractivity contribution in [2.75, 3.05) is 0 Å². The Morgan fingerprint density at radius 3 is 2.67 bits per heavy atom. The van der Waals surface area contributed by atoms with E-state index in [1.165, 1.54) is 16.7 Å². The lowest BCUT2D eigenvalue weighted by molar-refractivity contribution is 0.513. The monoisotopic (exact) mass is 242 g/mol. The molecule has 0 spiro atoms. The van der Waals surface area contributed by atoms with Gasteiger partial charge in [-0.3, -0.25) is 0 Å². The van der Waals surface area contributed by atoms with Gasteiger partial charge in [-0.15, -0.1) is 0 Å². The zero-order valence-electron chi connectivity index (χ0n) is 11.4. The molecule has 1 heterocycles. The third-order valence-electron chi connectivity index (χ3n) is 3.32. The van der Waals surface area contributed by atoms with E-state index in [-0.39, 0.29) is 6.04 Å². The van der Waals surface area contributed by atoms with E-state index in [0.29, 0.717) is 5.92 Å². The number of hydrogen-bond donors (Lipinski definition) is 1. The van der Waals surface area contributed by atoms with Gasteiger partial charge in [-0.25, -0.2) is 0 Å². The Morgan fingerprint density at radius 2 is 2.00 bits per heavy atom. The summed E-state index contributed by atoms with van der Waals surface area (Å²) in [6.07, 6.45) is 4.27. The van der Waals surface area contributed by atoms with Gasteiger partial charge in [-0.2, -0.15) is 0 Å². The lowest BCUT2D eigenvalue weighted by Gasteiger charge is -2.13. The predicted octanol–water partition coefficient (Wildman–Crippen LogP) is 3.50. The molecule has 0 saturated carbocycles. The minimum atomic E-state index is 0.128. The van der Waals surface area contributed by atoms with E-state index in [1.54, 1.807) is 0 Å². The molecule has 0 amide bonds. The number of benzene rings is 1. The van der Waals surface area contributed by atoms with Crippen molar-refractivity contribution < 1.29 is 0 Å². The van der Waals surface area contributed by atoms with Gasteiger partial charge in [-0.1, -0.05) is 43.7 Å². The summed E-state index contributed by atoms with van der Waals surface area (Å²) in [4.78, 5) is 0. The molecule has 18 heavy (non-hydrogen) atoms. The Balaban J connectivity index is 2.11. The average molecular weight is 242 g/mol. The number of nitrogens with zero attached hydrogens (tertiary/aromatic N) is 1. The van der Waals surface area contributed by atoms with Crippen molar-refractivity contribution >= 4 is 0 Å². The molecule has 96 valence electrons. The van der Waals surface area contributed by atoms with Crippen LogP contribution in [0.5, 0.6) is 0 Å². The van der Waals surface area contributed by atoms with Crippen molar-refractivity contribution in [3.8, 4) is 0 Å². The van der Waals surface area contributed by atoms with Gasteiger partial charge >= 0.3 is 0 Å². The zero-order chi connectivity index (χ0) is 13.1. The molecule has 0 saturated heterocycles. The van der Waals surface area contributed by atoms with Crippen LogP contribution in [-0.4, -0.2) is 4.57 Å². The Hall–Kier alpha value is -1.54. The maximum absolute atomic E-state index is 6.16. The summed E-state index contributed by atoms with van der Waals surface area (Å²) < 4.78 is 2.20. The molecular weight excluding hydrogens is 220 g/mol. The molecule has 0 radical (unpaired) electrons. The minimum Gasteiger partial charge on any atom is -0.350 e. The Kier molecular flexibility index (Phi) is 3.87. The van der Waals surface area contributed by atoms with Crippen LogP contribution >= 0.6 is 0 Å². The van der Waals surface area contributed by atoms with Gasteiger partial charge in [0.1, 0.15) is 0 Å². The molecule has 2 rings (SSSR count). The Morgan fingerprint density at radius 1 is 1.22 bits per heavy atom. The van der Waals surface area contributed by atoms with Crippen LogP contribution in [0.1, 0.15) is 36.6 Å². The van der Waals surface area contributed by atoms with Crippen LogP contribution in [0, 0.1) is 12.8 Å². The summed E-state index contributed by atoms with van der Waals surface area (Å²) in [7, 11) is 0. The third kappa shape index (κ3) is 3.02. The quantitative estimate of drug-likeness (QED) is 0.874. The van der Waals surface area contributed by atoms with Crippen molar-refractivity contribution in [2.24, 2.45) is 11.7 Å². The van der Waals surface area contributed by atoms with Crippen molar-refractivity contribution in [3.05, 3.63) is 59.4 Å². The smallest absolute Gasteiger partial charge is 0.0470 e. The van der Waals surface area contributed by atoms with Crippen LogP contribution in [0.15, 0.2) is 42.7 Å². The number of aryl methyl sites for hydroxylation is 1. The van der Waals surface area contributed by atoms with E-state index < -0.39 is 0 Å². The van der Waals surface area contributed by atoms with Crippen molar-refractivity contribution in [3.63, 3.8) is 0 Å². The van der Waals surface area contributed by atoms with E-state index in [1.807, 2.05) is 0 Å². The molecule has 2 N–H and O–H groups in total. The third-order valence-corrected chi connectivity index (χ3v) is 3.32. The van der Waals surface area contributed by atoms with Gasteiger partial charge in [0.2, 0.25) is 0 Å². The molecule has 1 aromatic carbocycles. The van der Waals surface area contributed by atoms with Crippen LogP contribution in [0.25, 0.3) is 0 Å². The zero-order valence-corrected chi connectivity index (χ0v) is 11.4. The summed E-state index contributed by atoms with van der Waals surface area (Å²) >= 11 is 0. The second-order valence-corrected chi connectivity index (χ2v) is 5.38. The van der Waals surface area contributed by atoms with Crippen molar-refractivity contribution in [1.29, 1.82) is 0 Å². The second kappa shape index (κ2) is 5.40. The van der Waals surface area contributed by atoms with Gasteiger partial charge in [0.25, 0.3) is 0 Å². The highest BCUT2D eigenvalue weighted by atomic mass is 14.9. The van der Waals surface area contributed by atoms with Crippen molar-refractivity contribution in [2.45, 2.75) is 33.4 Å². The van der Waals surface area contributed by atoms with Gasteiger partial charge in [0, 0.05) is 25.0 Å². The summed E-state index contributed by atoms with van der Waals surface area (Å²) in [6, 6.07) is 10.9. The van der Waals surface area contributed by atoms with Crippen LogP contribution in [0.4, 0.5) is 0 Å². The fraction of sp³-hybridized carbons (Fsp3) is 0.375. The highest BCUT2D eigenvalue weighted by Gasteiger charge is 2.11. The standard InChI is InChI=1S/C16H22N2/c1-12(2)16(17)15-7-8-18(11-15)10-14-6-4-5-13(3)9-14/h4-9,11-12,16H,10,17H2,1-3H3. The fourth-order valence-corrected chi connectivity index (χ4v) is 2.16. The first kappa shape index (κ1) is 12.9. The van der Waals surface area contributed by atoms with Gasteiger partial charge in [-0.05, 0) is 30.0 Å². The molecule has 0 bridgehead atoms. The lowest BCUT2D eigenvalue weighted by atomic mass is 10.00. The van der Waals surface area contributed by atoms with E-state index in [2.05, 4.69) is 68.1 Å². The topological polar surface area (TPSA) is 30.9 Å². The molecule has 0 fully saturated rings. The first-order valence-electron chi connectivity index (χ1n) is 6.53. The second-order valence-electron chi connectivity index (χ2n) is 5.38. The number of rotatable bonds is 4. The SMILES string of the molecule is Cc1cccc(Cn2ccc(C(N)C(C)C)c2)c1. The number of aromatic nitrogens is 1. The molecular formula is C16H22N2. The first-order valence-corrected chi connectivity index (χ1v) is 6.53. The lowest BCUT2D eigenvalue weighted by Crippen LogP contribution is -2.15. The van der Waals surface area contributed by atoms with Crippen LogP contribution in [0.3, 0.4) is 0 Å². The number of hydrogen-bond acceptors (Lipinski definition) is 1. The van der Waals surface area contributed by atoms with Gasteiger partial charge in [0.15, 0.2) is 0 Å². The van der Waals surface area contributed by atoms with E-state index >= 15 is 0 Å². The Labute approximate surface area is 109 Å². The summed E-state index contributed by atoms with van der Waals surface area (Å²) in [5.74, 6) is 0.472. The maximum atomic E-state index is 6.16. The highest BCUT2D eigenvalue weighted by molar-refractivity contribution is 5.23. The fourth-order valence-electron chi connectivity index (χ4n) is 2.16. The van der Waals surface area contributed by atoms with E-state index in [0.717, 1.165) is 6.54 Å². The molecule has 0 aliphatic heterocycles. The highest BCUT2D eigenvalue weighted by Crippen LogP contribution is 2.19. The average Bonchev–Trinajstić information content (AvgIpc) is 2.76. The van der Waals surface area contributed by atoms with Crippen LogP contribution in [-0.2, 0) is 6.54 Å². The molecule has 0 aliphatic carbocycles. The molecule has 2 heteroatoms. The first-order chi connectivity index (χ1) is 8.56. The van der Waals surface area contributed by atoms with Crippen LogP contribution in [0.2, 0.25) is 0 Å². The van der Waals surface area contributed by atoms with Gasteiger partial charge < -0.3 is 10.3 Å². The molecule has 1 aromatic heterocycles. The minimum absolute atomic E-state index is 0.128. The summed E-state index contributed by atoms with van der Waals surface area (Å²) in [5, 5.41) is 0. The maximum Gasteiger partial charge on any atom is 0.0470 e. The van der Waals surface area contributed by atoms with Gasteiger partial charge in [0.05, 0.1) is 0 Å². The molecule has 0 aliphatic rings. The molecule has 1 unspecified atom stereocenters. The largest absolute Gasteiger partial charge is 0.350 e. The normalized spacial score (nSPS) is 12.9. The molecule has 2 aromatic rings. The number of nitrogens with two attached hydrogens (primary N) is 1. The van der Waals surface area contributed by atoms with E-state index in [4.69, 9.17) is 5.73 Å². The molecule has 2 nitrogen and oxygen atoms in total. The summed E-state index contributed by atoms with van der Waals surface area (Å²) in [5.41, 5.74) is 10.0. The molecule has 1 atom stereocenters. The Bertz CT molecular complexity index is 511. The van der Waals surface area contributed by atoms with Crippen molar-refractivity contribution in [1.82, 2.24) is 4.57 Å². The van der Waals surface area contributed by atoms with E-state index in [9.17, 15) is 0 Å². The van der Waals surface area contributed by atoms with Crippen LogP contribution < -0.4 is 5.73 Å². The predicted molar refractivity (Wildman–Crippen MR) is 76.5 cm³/mol.